The van der Waals surface area contributed by atoms with Gasteiger partial charge in [0.2, 0.25) is 5.91 Å². The van der Waals surface area contributed by atoms with Crippen LogP contribution in [0.25, 0.3) is 0 Å². The number of carbonyl (C=O) groups is 1. The molecule has 1 N–H and O–H groups in total. The number of hydrogen-bond donors (Lipinski definition) is 1. The van der Waals surface area contributed by atoms with Crippen LogP contribution in [0.5, 0.6) is 11.5 Å². The average Bonchev–Trinajstić information content (AvgIpc) is 2.69. The molecule has 1 aliphatic heterocycles. The lowest BCUT2D eigenvalue weighted by atomic mass is 9.96. The summed E-state index contributed by atoms with van der Waals surface area (Å²) in [5.41, 5.74) is 1.96. The van der Waals surface area contributed by atoms with E-state index in [1.165, 1.54) is 5.56 Å². The summed E-state index contributed by atoms with van der Waals surface area (Å²) in [6, 6.07) is 15.8. The monoisotopic (exact) mass is 354 g/mol. The van der Waals surface area contributed by atoms with Gasteiger partial charge < -0.3 is 14.8 Å². The Hall–Kier alpha value is -2.53. The number of hydrogen-bond acceptors (Lipinski definition) is 4. The van der Waals surface area contributed by atoms with Gasteiger partial charge in [0, 0.05) is 19.2 Å². The molecule has 0 aliphatic carbocycles. The standard InChI is InChI=1S/C21H26N2O3/c1-25-18-10-11-19(20(13-18)26-2)22-21(24)17-9-6-12-23(15-17)14-16-7-4-3-5-8-16/h3-5,7-8,10-11,13,17H,6,9,12,14-15H2,1-2H3,(H,22,24). The normalized spacial score (nSPS) is 17.5. The van der Waals surface area contributed by atoms with Crippen molar-refractivity contribution in [2.75, 3.05) is 32.6 Å². The molecule has 0 saturated carbocycles. The van der Waals surface area contributed by atoms with Crippen LogP contribution in [-0.4, -0.2) is 38.1 Å². The van der Waals surface area contributed by atoms with Crippen LogP contribution in [0.1, 0.15) is 18.4 Å². The Labute approximate surface area is 154 Å². The second-order valence-electron chi connectivity index (χ2n) is 6.62. The zero-order valence-electron chi connectivity index (χ0n) is 15.4. The van der Waals surface area contributed by atoms with Crippen molar-refractivity contribution in [3.63, 3.8) is 0 Å². The third-order valence-electron chi connectivity index (χ3n) is 4.79. The van der Waals surface area contributed by atoms with Crippen LogP contribution in [0, 0.1) is 5.92 Å². The molecule has 1 heterocycles. The first-order valence-corrected chi connectivity index (χ1v) is 8.98. The van der Waals surface area contributed by atoms with E-state index in [-0.39, 0.29) is 11.8 Å². The van der Waals surface area contributed by atoms with Crippen LogP contribution in [-0.2, 0) is 11.3 Å². The molecule has 1 amide bonds. The van der Waals surface area contributed by atoms with Gasteiger partial charge >= 0.3 is 0 Å². The van der Waals surface area contributed by atoms with Gasteiger partial charge in [-0.2, -0.15) is 0 Å². The number of rotatable bonds is 6. The molecule has 0 aromatic heterocycles. The molecule has 0 spiro atoms. The van der Waals surface area contributed by atoms with Crippen molar-refractivity contribution in [2.45, 2.75) is 19.4 Å². The first-order chi connectivity index (χ1) is 12.7. The smallest absolute Gasteiger partial charge is 0.228 e. The molecule has 3 rings (SSSR count). The van der Waals surface area contributed by atoms with Gasteiger partial charge in [0.1, 0.15) is 11.5 Å². The highest BCUT2D eigenvalue weighted by atomic mass is 16.5. The fraction of sp³-hybridized carbons (Fsp3) is 0.381. The van der Waals surface area contributed by atoms with Crippen LogP contribution in [0.4, 0.5) is 5.69 Å². The molecular formula is C21H26N2O3. The van der Waals surface area contributed by atoms with E-state index in [0.29, 0.717) is 17.2 Å². The summed E-state index contributed by atoms with van der Waals surface area (Å²) in [4.78, 5) is 15.1. The summed E-state index contributed by atoms with van der Waals surface area (Å²) in [5.74, 6) is 1.34. The van der Waals surface area contributed by atoms with Crippen molar-refractivity contribution in [2.24, 2.45) is 5.92 Å². The summed E-state index contributed by atoms with van der Waals surface area (Å²) in [5, 5.41) is 3.02. The number of carbonyl (C=O) groups excluding carboxylic acids is 1. The van der Waals surface area contributed by atoms with E-state index in [0.717, 1.165) is 32.5 Å². The number of ether oxygens (including phenoxy) is 2. The summed E-state index contributed by atoms with van der Waals surface area (Å²) < 4.78 is 10.6. The summed E-state index contributed by atoms with van der Waals surface area (Å²) in [6.45, 7) is 2.69. The van der Waals surface area contributed by atoms with Gasteiger partial charge in [-0.3, -0.25) is 9.69 Å². The molecule has 2 aromatic rings. The van der Waals surface area contributed by atoms with Crippen molar-refractivity contribution < 1.29 is 14.3 Å². The van der Waals surface area contributed by atoms with Crippen molar-refractivity contribution >= 4 is 11.6 Å². The number of amides is 1. The Kier molecular flexibility index (Phi) is 6.12. The first-order valence-electron chi connectivity index (χ1n) is 8.98. The van der Waals surface area contributed by atoms with Crippen LogP contribution >= 0.6 is 0 Å². The Balaban J connectivity index is 1.62. The highest BCUT2D eigenvalue weighted by molar-refractivity contribution is 5.94. The van der Waals surface area contributed by atoms with Crippen LogP contribution < -0.4 is 14.8 Å². The Morgan fingerprint density at radius 2 is 1.96 bits per heavy atom. The van der Waals surface area contributed by atoms with Gasteiger partial charge in [-0.25, -0.2) is 0 Å². The number of methoxy groups -OCH3 is 2. The summed E-state index contributed by atoms with van der Waals surface area (Å²) in [6.07, 6.45) is 1.94. The minimum atomic E-state index is -0.0146. The Bertz CT molecular complexity index is 733. The topological polar surface area (TPSA) is 50.8 Å². The predicted octanol–water partition coefficient (Wildman–Crippen LogP) is 3.55. The first kappa shape index (κ1) is 18.3. The van der Waals surface area contributed by atoms with Gasteiger partial charge in [-0.15, -0.1) is 0 Å². The molecule has 5 nitrogen and oxygen atoms in total. The lowest BCUT2D eigenvalue weighted by Crippen LogP contribution is -2.40. The molecule has 5 heteroatoms. The van der Waals surface area contributed by atoms with E-state index < -0.39 is 0 Å². The van der Waals surface area contributed by atoms with Gasteiger partial charge in [-0.1, -0.05) is 30.3 Å². The number of nitrogens with zero attached hydrogens (tertiary/aromatic N) is 1. The highest BCUT2D eigenvalue weighted by Gasteiger charge is 2.26. The number of benzene rings is 2. The predicted molar refractivity (Wildman–Crippen MR) is 103 cm³/mol. The summed E-state index contributed by atoms with van der Waals surface area (Å²) >= 11 is 0. The van der Waals surface area contributed by atoms with Gasteiger partial charge in [0.05, 0.1) is 25.8 Å². The van der Waals surface area contributed by atoms with E-state index in [1.54, 1.807) is 20.3 Å². The van der Waals surface area contributed by atoms with Crippen LogP contribution in [0.3, 0.4) is 0 Å². The van der Waals surface area contributed by atoms with E-state index in [9.17, 15) is 4.79 Å². The fourth-order valence-electron chi connectivity index (χ4n) is 3.39. The van der Waals surface area contributed by atoms with Crippen molar-refractivity contribution in [1.82, 2.24) is 4.90 Å². The van der Waals surface area contributed by atoms with Gasteiger partial charge in [-0.05, 0) is 37.1 Å². The second kappa shape index (κ2) is 8.72. The van der Waals surface area contributed by atoms with Crippen LogP contribution in [0.15, 0.2) is 48.5 Å². The lowest BCUT2D eigenvalue weighted by Gasteiger charge is -2.32. The highest BCUT2D eigenvalue weighted by Crippen LogP contribution is 2.30. The molecule has 1 saturated heterocycles. The zero-order valence-corrected chi connectivity index (χ0v) is 15.4. The zero-order chi connectivity index (χ0) is 18.4. The third-order valence-corrected chi connectivity index (χ3v) is 4.79. The molecule has 1 fully saturated rings. The number of piperidine rings is 1. The molecule has 1 atom stereocenters. The minimum absolute atomic E-state index is 0.0146. The number of anilines is 1. The van der Waals surface area contributed by atoms with E-state index >= 15 is 0 Å². The lowest BCUT2D eigenvalue weighted by molar-refractivity contribution is -0.121. The molecule has 1 aliphatic rings. The number of nitrogens with one attached hydrogen (secondary N) is 1. The molecule has 1 unspecified atom stereocenters. The molecular weight excluding hydrogens is 328 g/mol. The van der Waals surface area contributed by atoms with Crippen molar-refractivity contribution in [1.29, 1.82) is 0 Å². The Morgan fingerprint density at radius 3 is 2.69 bits per heavy atom. The third kappa shape index (κ3) is 4.55. The maximum absolute atomic E-state index is 12.8. The maximum Gasteiger partial charge on any atom is 0.228 e. The molecule has 0 radical (unpaired) electrons. The van der Waals surface area contributed by atoms with Crippen molar-refractivity contribution in [3.8, 4) is 11.5 Å². The fourth-order valence-corrected chi connectivity index (χ4v) is 3.39. The van der Waals surface area contributed by atoms with E-state index in [4.69, 9.17) is 9.47 Å². The van der Waals surface area contributed by atoms with Crippen molar-refractivity contribution in [3.05, 3.63) is 54.1 Å². The van der Waals surface area contributed by atoms with E-state index in [2.05, 4.69) is 34.5 Å². The molecule has 26 heavy (non-hydrogen) atoms. The quantitative estimate of drug-likeness (QED) is 0.862. The van der Waals surface area contributed by atoms with Gasteiger partial charge in [0.25, 0.3) is 0 Å². The average molecular weight is 354 g/mol. The molecule has 2 aromatic carbocycles. The second-order valence-corrected chi connectivity index (χ2v) is 6.62. The molecule has 138 valence electrons. The summed E-state index contributed by atoms with van der Waals surface area (Å²) in [7, 11) is 3.20. The van der Waals surface area contributed by atoms with E-state index in [1.807, 2.05) is 18.2 Å². The minimum Gasteiger partial charge on any atom is -0.497 e. The molecule has 0 bridgehead atoms. The number of likely N-dealkylation sites (tertiary alicyclic amines) is 1. The van der Waals surface area contributed by atoms with Gasteiger partial charge in [0.15, 0.2) is 0 Å². The largest absolute Gasteiger partial charge is 0.497 e. The SMILES string of the molecule is COc1ccc(NC(=O)C2CCCN(Cc3ccccc3)C2)c(OC)c1. The van der Waals surface area contributed by atoms with Crippen LogP contribution in [0.2, 0.25) is 0 Å². The Morgan fingerprint density at radius 1 is 1.15 bits per heavy atom. The maximum atomic E-state index is 12.8.